The largest absolute Gasteiger partial charge is 0.368 e. The van der Waals surface area contributed by atoms with Crippen LogP contribution < -0.4 is 0 Å². The molecule has 6 atom stereocenters. The molecule has 0 bridgehead atoms. The lowest BCUT2D eigenvalue weighted by atomic mass is 9.80. The van der Waals surface area contributed by atoms with Crippen molar-refractivity contribution in [1.29, 1.82) is 0 Å². The Balaban J connectivity index is 1.24. The van der Waals surface area contributed by atoms with E-state index in [9.17, 15) is 0 Å². The molecule has 0 amide bonds. The van der Waals surface area contributed by atoms with Crippen molar-refractivity contribution in [1.82, 2.24) is 0 Å². The predicted molar refractivity (Wildman–Crippen MR) is 211 cm³/mol. The first-order valence-corrected chi connectivity index (χ1v) is 18.7. The Kier molecular flexibility index (Phi) is 13.3. The molecule has 1 fully saturated rings. The van der Waals surface area contributed by atoms with Crippen LogP contribution in [0.15, 0.2) is 182 Å². The van der Waals surface area contributed by atoms with Gasteiger partial charge in [-0.1, -0.05) is 182 Å². The Morgan fingerprint density at radius 3 is 1.22 bits per heavy atom. The lowest BCUT2D eigenvalue weighted by Crippen LogP contribution is -2.63. The summed E-state index contributed by atoms with van der Waals surface area (Å²) >= 11 is 0. The molecule has 1 saturated heterocycles. The van der Waals surface area contributed by atoms with E-state index >= 15 is 4.39 Å². The average Bonchev–Trinajstić information content (AvgIpc) is 3.26. The Morgan fingerprint density at radius 1 is 0.491 bits per heavy atom. The number of hydrogen-bond acceptors (Lipinski definition) is 6. The highest BCUT2D eigenvalue weighted by atomic mass is 19.1. The van der Waals surface area contributed by atoms with E-state index in [0.717, 1.165) is 33.4 Å². The van der Waals surface area contributed by atoms with Gasteiger partial charge in [0.15, 0.2) is 12.5 Å². The zero-order valence-electron chi connectivity index (χ0n) is 30.9. The van der Waals surface area contributed by atoms with Gasteiger partial charge in [0.05, 0.1) is 26.4 Å². The number of ether oxygens (including phenoxy) is 6. The van der Waals surface area contributed by atoms with E-state index in [-0.39, 0.29) is 26.4 Å². The molecule has 6 aromatic rings. The molecular weight excluding hydrogens is 692 g/mol. The lowest BCUT2D eigenvalue weighted by Gasteiger charge is -2.46. The minimum Gasteiger partial charge on any atom is -0.368 e. The van der Waals surface area contributed by atoms with Crippen LogP contribution in [0.2, 0.25) is 0 Å². The molecule has 7 rings (SSSR count). The fourth-order valence-electron chi connectivity index (χ4n) is 7.24. The second-order valence-electron chi connectivity index (χ2n) is 13.6. The molecule has 282 valence electrons. The van der Waals surface area contributed by atoms with Crippen LogP contribution in [0.5, 0.6) is 0 Å². The van der Waals surface area contributed by atoms with Crippen molar-refractivity contribution in [2.45, 2.75) is 62.3 Å². The molecule has 1 heterocycles. The van der Waals surface area contributed by atoms with Gasteiger partial charge in [-0.15, -0.1) is 0 Å². The summed E-state index contributed by atoms with van der Waals surface area (Å²) < 4.78 is 56.9. The van der Waals surface area contributed by atoms with Gasteiger partial charge in [0.1, 0.15) is 30.0 Å². The van der Waals surface area contributed by atoms with Crippen LogP contribution in [0.4, 0.5) is 4.39 Å². The Morgan fingerprint density at radius 2 is 0.836 bits per heavy atom. The van der Waals surface area contributed by atoms with Crippen LogP contribution in [0, 0.1) is 0 Å². The number of hydrogen-bond donors (Lipinski definition) is 0. The Hall–Kier alpha value is -4.99. The van der Waals surface area contributed by atoms with E-state index in [1.54, 1.807) is 0 Å². The van der Waals surface area contributed by atoms with Crippen LogP contribution in [-0.4, -0.2) is 50.6 Å². The van der Waals surface area contributed by atoms with E-state index in [0.29, 0.717) is 0 Å². The van der Waals surface area contributed by atoms with Gasteiger partial charge < -0.3 is 28.4 Å². The third-order valence-corrected chi connectivity index (χ3v) is 9.98. The van der Waals surface area contributed by atoms with E-state index in [1.807, 2.05) is 182 Å². The number of alkyl halides is 1. The highest BCUT2D eigenvalue weighted by Gasteiger charge is 2.52. The van der Waals surface area contributed by atoms with Crippen LogP contribution in [-0.2, 0) is 53.8 Å². The number of methoxy groups -OCH3 is 1. The average molecular weight is 739 g/mol. The molecule has 0 aromatic heterocycles. The minimum atomic E-state index is -1.67. The summed E-state index contributed by atoms with van der Waals surface area (Å²) in [4.78, 5) is 0. The SMILES string of the molecule is CO[C@H]1O[C@H](C(F)COC(c2ccccc2)(c2ccccc2)c2ccccc2)[C@@H](OCc2ccccc2)[C@H](OCc2ccccc2)[C@@H]1OCc1ccccc1. The molecule has 0 spiro atoms. The molecule has 55 heavy (non-hydrogen) atoms. The normalized spacial score (nSPS) is 20.5. The van der Waals surface area contributed by atoms with Gasteiger partial charge in [-0.3, -0.25) is 0 Å². The van der Waals surface area contributed by atoms with Crippen molar-refractivity contribution in [2.24, 2.45) is 0 Å². The number of halogens is 1. The third kappa shape index (κ3) is 9.28. The van der Waals surface area contributed by atoms with Gasteiger partial charge in [0, 0.05) is 7.11 Å². The molecule has 7 heteroatoms. The molecule has 0 N–H and O–H groups in total. The van der Waals surface area contributed by atoms with Crippen molar-refractivity contribution in [3.8, 4) is 0 Å². The monoisotopic (exact) mass is 738 g/mol. The van der Waals surface area contributed by atoms with E-state index in [4.69, 9.17) is 28.4 Å². The standard InChI is InChI=1S/C48H47FO6/c1-50-47-46(53-34-38-24-12-4-13-25-38)45(52-33-37-22-10-3-11-23-37)44(51-32-36-20-8-2-9-21-36)43(55-47)42(49)35-54-48(39-26-14-5-15-27-39,40-28-16-6-17-29-40)41-30-18-7-19-31-41/h2-31,42-47H,32-35H2,1H3/t42?,43-,44-,45+,46+,47+/m1/s1. The van der Waals surface area contributed by atoms with Crippen LogP contribution in [0.3, 0.4) is 0 Å². The highest BCUT2D eigenvalue weighted by molar-refractivity contribution is 5.47. The third-order valence-electron chi connectivity index (χ3n) is 9.98. The van der Waals surface area contributed by atoms with Crippen molar-refractivity contribution in [3.63, 3.8) is 0 Å². The summed E-state index contributed by atoms with van der Waals surface area (Å²) in [7, 11) is 1.54. The predicted octanol–water partition coefficient (Wildman–Crippen LogP) is 9.46. The quantitative estimate of drug-likeness (QED) is 0.0870. The van der Waals surface area contributed by atoms with Crippen molar-refractivity contribution in [3.05, 3.63) is 215 Å². The smallest absolute Gasteiger partial charge is 0.186 e. The van der Waals surface area contributed by atoms with E-state index in [2.05, 4.69) is 0 Å². The lowest BCUT2D eigenvalue weighted by molar-refractivity contribution is -0.327. The summed E-state index contributed by atoms with van der Waals surface area (Å²) in [6, 6.07) is 59.3. The summed E-state index contributed by atoms with van der Waals surface area (Å²) in [6.45, 7) is 0.394. The first-order valence-electron chi connectivity index (χ1n) is 18.7. The Bertz CT molecular complexity index is 1870. The van der Waals surface area contributed by atoms with Gasteiger partial charge in [-0.05, 0) is 33.4 Å². The maximum absolute atomic E-state index is 17.5. The second kappa shape index (κ2) is 19.0. The second-order valence-corrected chi connectivity index (χ2v) is 13.6. The summed E-state index contributed by atoms with van der Waals surface area (Å²) in [5.74, 6) is 0. The minimum absolute atomic E-state index is 0.204. The van der Waals surface area contributed by atoms with Crippen LogP contribution >= 0.6 is 0 Å². The fraction of sp³-hybridized carbons (Fsp3) is 0.250. The maximum atomic E-state index is 17.5. The first kappa shape index (κ1) is 38.3. The van der Waals surface area contributed by atoms with Gasteiger partial charge in [-0.25, -0.2) is 4.39 Å². The number of rotatable bonds is 17. The van der Waals surface area contributed by atoms with Crippen molar-refractivity contribution < 1.29 is 32.8 Å². The van der Waals surface area contributed by atoms with Crippen molar-refractivity contribution >= 4 is 0 Å². The summed E-state index contributed by atoms with van der Waals surface area (Å²) in [6.07, 6.45) is -6.23. The molecular formula is C48H47FO6. The van der Waals surface area contributed by atoms with Crippen molar-refractivity contribution in [2.75, 3.05) is 13.7 Å². The molecule has 0 radical (unpaired) electrons. The molecule has 6 nitrogen and oxygen atoms in total. The number of benzene rings is 6. The van der Waals surface area contributed by atoms with E-state index in [1.165, 1.54) is 7.11 Å². The molecule has 0 aliphatic carbocycles. The van der Waals surface area contributed by atoms with Gasteiger partial charge in [0.25, 0.3) is 0 Å². The van der Waals surface area contributed by atoms with Gasteiger partial charge >= 0.3 is 0 Å². The summed E-state index contributed by atoms with van der Waals surface area (Å²) in [5, 5.41) is 0. The van der Waals surface area contributed by atoms with Crippen LogP contribution in [0.1, 0.15) is 33.4 Å². The molecule has 1 aliphatic heterocycles. The van der Waals surface area contributed by atoms with Gasteiger partial charge in [-0.2, -0.15) is 0 Å². The first-order chi connectivity index (χ1) is 27.2. The molecule has 6 aromatic carbocycles. The van der Waals surface area contributed by atoms with Gasteiger partial charge in [0.2, 0.25) is 0 Å². The Labute approximate surface area is 323 Å². The van der Waals surface area contributed by atoms with E-state index < -0.39 is 42.5 Å². The molecule has 1 unspecified atom stereocenters. The van der Waals surface area contributed by atoms with Crippen LogP contribution in [0.25, 0.3) is 0 Å². The molecule has 1 aliphatic rings. The fourth-order valence-corrected chi connectivity index (χ4v) is 7.24. The molecule has 0 saturated carbocycles. The topological polar surface area (TPSA) is 55.4 Å². The summed E-state index contributed by atoms with van der Waals surface area (Å²) in [5.41, 5.74) is 4.34. The zero-order valence-corrected chi connectivity index (χ0v) is 30.9. The zero-order chi connectivity index (χ0) is 37.7. The highest BCUT2D eigenvalue weighted by Crippen LogP contribution is 2.41. The maximum Gasteiger partial charge on any atom is 0.186 e.